The van der Waals surface area contributed by atoms with E-state index in [0.717, 1.165) is 50.9 Å². The molecule has 194 valence electrons. The highest BCUT2D eigenvalue weighted by Crippen LogP contribution is 2.36. The van der Waals surface area contributed by atoms with E-state index in [2.05, 4.69) is 20.4 Å². The molecule has 2 aliphatic rings. The SMILES string of the molecule is Cc1noc(C)c1-c1cc(S(=O)(=O)CC2CCCC2)c2cc(NCCN3CCOCC3)c(=O)[nH]c2c1. The van der Waals surface area contributed by atoms with Gasteiger partial charge in [0.15, 0.2) is 9.84 Å². The van der Waals surface area contributed by atoms with E-state index in [0.29, 0.717) is 53.4 Å². The van der Waals surface area contributed by atoms with E-state index in [1.165, 1.54) is 0 Å². The van der Waals surface area contributed by atoms with Crippen LogP contribution < -0.4 is 10.9 Å². The molecule has 1 aliphatic carbocycles. The first-order chi connectivity index (χ1) is 17.3. The van der Waals surface area contributed by atoms with Gasteiger partial charge in [-0.05, 0) is 56.4 Å². The first kappa shape index (κ1) is 25.0. The zero-order valence-corrected chi connectivity index (χ0v) is 21.7. The second-order valence-corrected chi connectivity index (χ2v) is 12.0. The second kappa shape index (κ2) is 10.4. The molecule has 0 amide bonds. The molecule has 0 atom stereocenters. The number of anilines is 1. The summed E-state index contributed by atoms with van der Waals surface area (Å²) in [5.74, 6) is 0.892. The molecule has 10 heteroatoms. The van der Waals surface area contributed by atoms with E-state index in [9.17, 15) is 13.2 Å². The Kier molecular flexibility index (Phi) is 7.18. The lowest BCUT2D eigenvalue weighted by atomic mass is 10.0. The predicted molar refractivity (Wildman–Crippen MR) is 139 cm³/mol. The van der Waals surface area contributed by atoms with Crippen molar-refractivity contribution in [1.29, 1.82) is 0 Å². The zero-order chi connectivity index (χ0) is 25.3. The maximum atomic E-state index is 13.7. The molecule has 9 nitrogen and oxygen atoms in total. The Morgan fingerprint density at radius 3 is 2.58 bits per heavy atom. The van der Waals surface area contributed by atoms with Gasteiger partial charge in [-0.1, -0.05) is 18.0 Å². The van der Waals surface area contributed by atoms with Gasteiger partial charge in [0.25, 0.3) is 5.56 Å². The summed E-state index contributed by atoms with van der Waals surface area (Å²) >= 11 is 0. The summed E-state index contributed by atoms with van der Waals surface area (Å²) in [4.78, 5) is 18.4. The fourth-order valence-electron chi connectivity index (χ4n) is 5.46. The molecule has 2 aromatic heterocycles. The molecular weight excluding hydrogens is 480 g/mol. The first-order valence-corrected chi connectivity index (χ1v) is 14.4. The number of ether oxygens (including phenoxy) is 1. The monoisotopic (exact) mass is 514 g/mol. The molecule has 1 saturated heterocycles. The van der Waals surface area contributed by atoms with Gasteiger partial charge in [-0.15, -0.1) is 0 Å². The van der Waals surface area contributed by atoms with Gasteiger partial charge in [-0.25, -0.2) is 8.42 Å². The molecule has 5 rings (SSSR count). The fourth-order valence-corrected chi connectivity index (χ4v) is 7.40. The third kappa shape index (κ3) is 5.21. The number of pyridine rings is 1. The summed E-state index contributed by atoms with van der Waals surface area (Å²) in [5, 5.41) is 7.78. The number of nitrogens with one attached hydrogen (secondary N) is 2. The molecule has 2 N–H and O–H groups in total. The van der Waals surface area contributed by atoms with Gasteiger partial charge in [0.2, 0.25) is 0 Å². The van der Waals surface area contributed by atoms with E-state index in [1.54, 1.807) is 19.1 Å². The van der Waals surface area contributed by atoms with Crippen molar-refractivity contribution < 1.29 is 17.7 Å². The minimum atomic E-state index is -3.60. The van der Waals surface area contributed by atoms with Crippen LogP contribution in [0.2, 0.25) is 0 Å². The smallest absolute Gasteiger partial charge is 0.271 e. The number of fused-ring (bicyclic) bond motifs is 1. The van der Waals surface area contributed by atoms with Gasteiger partial charge in [0, 0.05) is 37.1 Å². The molecule has 0 bridgehead atoms. The average molecular weight is 515 g/mol. The Morgan fingerprint density at radius 2 is 1.89 bits per heavy atom. The molecule has 1 aliphatic heterocycles. The Morgan fingerprint density at radius 1 is 1.14 bits per heavy atom. The van der Waals surface area contributed by atoms with E-state index >= 15 is 0 Å². The number of nitrogens with zero attached hydrogens (tertiary/aromatic N) is 2. The zero-order valence-electron chi connectivity index (χ0n) is 20.9. The van der Waals surface area contributed by atoms with Gasteiger partial charge >= 0.3 is 0 Å². The summed E-state index contributed by atoms with van der Waals surface area (Å²) in [6.07, 6.45) is 4.02. The topological polar surface area (TPSA) is 118 Å². The van der Waals surface area contributed by atoms with E-state index in [1.807, 2.05) is 13.0 Å². The molecule has 0 unspecified atom stereocenters. The van der Waals surface area contributed by atoms with Crippen LogP contribution in [0.1, 0.15) is 37.1 Å². The van der Waals surface area contributed by atoms with Gasteiger partial charge in [0.05, 0.1) is 35.1 Å². The lowest BCUT2D eigenvalue weighted by Crippen LogP contribution is -2.39. The molecule has 36 heavy (non-hydrogen) atoms. The number of aryl methyl sites for hydroxylation is 2. The third-order valence-electron chi connectivity index (χ3n) is 7.36. The van der Waals surface area contributed by atoms with Crippen molar-refractivity contribution in [2.24, 2.45) is 5.92 Å². The maximum absolute atomic E-state index is 13.7. The normalized spacial score (nSPS) is 17.7. The predicted octanol–water partition coefficient (Wildman–Crippen LogP) is 3.51. The molecule has 1 saturated carbocycles. The summed E-state index contributed by atoms with van der Waals surface area (Å²) in [5.41, 5.74) is 2.68. The maximum Gasteiger partial charge on any atom is 0.271 e. The van der Waals surface area contributed by atoms with Crippen molar-refractivity contribution in [3.8, 4) is 11.1 Å². The van der Waals surface area contributed by atoms with Crippen molar-refractivity contribution in [3.63, 3.8) is 0 Å². The van der Waals surface area contributed by atoms with Crippen LogP contribution in [0.3, 0.4) is 0 Å². The fraction of sp³-hybridized carbons (Fsp3) is 0.538. The number of aromatic amines is 1. The summed E-state index contributed by atoms with van der Waals surface area (Å²) in [7, 11) is -3.60. The molecule has 0 spiro atoms. The third-order valence-corrected chi connectivity index (χ3v) is 9.28. The van der Waals surface area contributed by atoms with Crippen LogP contribution in [0.4, 0.5) is 5.69 Å². The van der Waals surface area contributed by atoms with E-state index < -0.39 is 9.84 Å². The molecule has 2 fully saturated rings. The van der Waals surface area contributed by atoms with Gasteiger partial charge in [-0.2, -0.15) is 0 Å². The second-order valence-electron chi connectivity index (χ2n) is 9.96. The number of benzene rings is 1. The molecule has 3 aromatic rings. The average Bonchev–Trinajstić information content (AvgIpc) is 3.48. The van der Waals surface area contributed by atoms with E-state index in [4.69, 9.17) is 9.26 Å². The Balaban J connectivity index is 1.54. The lowest BCUT2D eigenvalue weighted by Gasteiger charge is -2.26. The number of aromatic nitrogens is 2. The highest BCUT2D eigenvalue weighted by molar-refractivity contribution is 7.91. The van der Waals surface area contributed by atoms with Crippen LogP contribution in [-0.4, -0.2) is 68.6 Å². The highest BCUT2D eigenvalue weighted by atomic mass is 32.2. The molecule has 1 aromatic carbocycles. The van der Waals surface area contributed by atoms with Crippen molar-refractivity contribution in [3.05, 3.63) is 40.0 Å². The Hall–Kier alpha value is -2.69. The Bertz CT molecular complexity index is 1380. The van der Waals surface area contributed by atoms with Crippen LogP contribution in [0.15, 0.2) is 32.4 Å². The summed E-state index contributed by atoms with van der Waals surface area (Å²) < 4.78 is 38.2. The molecular formula is C26H34N4O5S. The lowest BCUT2D eigenvalue weighted by molar-refractivity contribution is 0.0398. The molecule has 3 heterocycles. The van der Waals surface area contributed by atoms with Crippen LogP contribution in [0.5, 0.6) is 0 Å². The minimum Gasteiger partial charge on any atom is -0.379 e. The molecule has 0 radical (unpaired) electrons. The number of morpholine rings is 1. The number of rotatable bonds is 8. The minimum absolute atomic E-state index is 0.117. The summed E-state index contributed by atoms with van der Waals surface area (Å²) in [6, 6.07) is 5.22. The first-order valence-electron chi connectivity index (χ1n) is 12.7. The van der Waals surface area contributed by atoms with Crippen molar-refractivity contribution in [1.82, 2.24) is 15.0 Å². The number of hydrogen-bond donors (Lipinski definition) is 2. The van der Waals surface area contributed by atoms with E-state index in [-0.39, 0.29) is 22.1 Å². The van der Waals surface area contributed by atoms with Crippen LogP contribution in [-0.2, 0) is 14.6 Å². The van der Waals surface area contributed by atoms with Crippen LogP contribution in [0.25, 0.3) is 22.0 Å². The number of hydrogen-bond acceptors (Lipinski definition) is 8. The standard InChI is InChI=1S/C26H34N4O5S/c1-17-25(18(2)35-29-17)20-13-22-21(24(14-20)36(32,33)16-19-5-3-4-6-19)15-23(26(31)28-22)27-7-8-30-9-11-34-12-10-30/h13-15,19,27H,3-12,16H2,1-2H3,(H,28,31). The van der Waals surface area contributed by atoms with Crippen molar-refractivity contribution >= 4 is 26.4 Å². The number of H-pyrrole nitrogens is 1. The summed E-state index contributed by atoms with van der Waals surface area (Å²) in [6.45, 7) is 8.14. The highest BCUT2D eigenvalue weighted by Gasteiger charge is 2.27. The van der Waals surface area contributed by atoms with Crippen molar-refractivity contribution in [2.45, 2.75) is 44.4 Å². The van der Waals surface area contributed by atoms with Gasteiger partial charge < -0.3 is 19.6 Å². The quantitative estimate of drug-likeness (QED) is 0.469. The van der Waals surface area contributed by atoms with Crippen LogP contribution in [0, 0.1) is 19.8 Å². The van der Waals surface area contributed by atoms with Crippen molar-refractivity contribution in [2.75, 3.05) is 50.5 Å². The number of sulfone groups is 1. The largest absolute Gasteiger partial charge is 0.379 e. The van der Waals surface area contributed by atoms with Gasteiger partial charge in [0.1, 0.15) is 11.4 Å². The Labute approximate surface area is 211 Å². The van der Waals surface area contributed by atoms with Crippen LogP contribution >= 0.6 is 0 Å². The van der Waals surface area contributed by atoms with Gasteiger partial charge in [-0.3, -0.25) is 9.69 Å².